The highest BCUT2D eigenvalue weighted by atomic mass is 32.2. The minimum Gasteiger partial charge on any atom is -0.487 e. The first-order valence-electron chi connectivity index (χ1n) is 11.9. The van der Waals surface area contributed by atoms with E-state index in [0.29, 0.717) is 31.4 Å². The van der Waals surface area contributed by atoms with E-state index in [1.807, 2.05) is 6.92 Å². The highest BCUT2D eigenvalue weighted by Gasteiger charge is 2.38. The van der Waals surface area contributed by atoms with Crippen LogP contribution in [0.2, 0.25) is 0 Å². The van der Waals surface area contributed by atoms with Gasteiger partial charge in [0.05, 0.1) is 13.2 Å². The van der Waals surface area contributed by atoms with Gasteiger partial charge in [-0.2, -0.15) is 4.31 Å². The second-order valence-corrected chi connectivity index (χ2v) is 11.4. The highest BCUT2D eigenvalue weighted by Crippen LogP contribution is 2.34. The maximum atomic E-state index is 13.5. The van der Waals surface area contributed by atoms with Crippen LogP contribution in [-0.4, -0.2) is 78.2 Å². The number of nitrogens with zero attached hydrogens (tertiary/aromatic N) is 2. The Labute approximate surface area is 202 Å². The lowest BCUT2D eigenvalue weighted by atomic mass is 10.0. The summed E-state index contributed by atoms with van der Waals surface area (Å²) in [4.78, 5) is 13.8. The van der Waals surface area contributed by atoms with Crippen molar-refractivity contribution in [3.05, 3.63) is 23.8 Å². The zero-order chi connectivity index (χ0) is 25.1. The van der Waals surface area contributed by atoms with Crippen molar-refractivity contribution < 1.29 is 28.2 Å². The van der Waals surface area contributed by atoms with Crippen molar-refractivity contribution in [3.63, 3.8) is 0 Å². The van der Waals surface area contributed by atoms with E-state index in [4.69, 9.17) is 4.74 Å². The predicted octanol–water partition coefficient (Wildman–Crippen LogP) is 1.98. The summed E-state index contributed by atoms with van der Waals surface area (Å²) in [7, 11) is -2.24. The van der Waals surface area contributed by atoms with Crippen LogP contribution >= 0.6 is 0 Å². The molecule has 3 rings (SSSR count). The van der Waals surface area contributed by atoms with Gasteiger partial charge in [0.2, 0.25) is 15.9 Å². The summed E-state index contributed by atoms with van der Waals surface area (Å²) < 4.78 is 34.6. The molecule has 1 aliphatic heterocycles. The van der Waals surface area contributed by atoms with Crippen molar-refractivity contribution in [1.29, 1.82) is 0 Å². The number of carbonyl (C=O) groups is 1. The first-order valence-corrected chi connectivity index (χ1v) is 13.4. The van der Waals surface area contributed by atoms with E-state index < -0.39 is 27.8 Å². The monoisotopic (exact) mass is 492 g/mol. The Morgan fingerprint density at radius 3 is 2.65 bits per heavy atom. The average molecular weight is 493 g/mol. The van der Waals surface area contributed by atoms with Gasteiger partial charge in [-0.25, -0.2) is 8.42 Å². The summed E-state index contributed by atoms with van der Waals surface area (Å²) in [5, 5.41) is 20.3. The molecule has 0 aromatic heterocycles. The molecular formula is C25H36N2O6S. The van der Waals surface area contributed by atoms with Crippen molar-refractivity contribution in [2.24, 2.45) is 5.92 Å². The van der Waals surface area contributed by atoms with Gasteiger partial charge < -0.3 is 19.8 Å². The fraction of sp³-hybridized carbons (Fsp3) is 0.640. The number of amides is 1. The Kier molecular flexibility index (Phi) is 8.30. The fourth-order valence-corrected chi connectivity index (χ4v) is 6.26. The Hall–Kier alpha value is -2.12. The summed E-state index contributed by atoms with van der Waals surface area (Å²) in [6.07, 6.45) is 3.00. The van der Waals surface area contributed by atoms with Gasteiger partial charge >= 0.3 is 0 Å². The van der Waals surface area contributed by atoms with E-state index in [2.05, 4.69) is 11.8 Å². The summed E-state index contributed by atoms with van der Waals surface area (Å²) in [5.41, 5.74) is -0.466. The van der Waals surface area contributed by atoms with E-state index in [9.17, 15) is 23.4 Å². The molecule has 1 amide bonds. The third kappa shape index (κ3) is 5.74. The van der Waals surface area contributed by atoms with E-state index in [-0.39, 0.29) is 35.6 Å². The highest BCUT2D eigenvalue weighted by molar-refractivity contribution is 7.89. The van der Waals surface area contributed by atoms with E-state index >= 15 is 0 Å². The molecule has 1 fully saturated rings. The molecule has 0 saturated heterocycles. The number of hydrogen-bond donors (Lipinski definition) is 2. The van der Waals surface area contributed by atoms with Gasteiger partial charge in [-0.05, 0) is 50.8 Å². The number of carbonyl (C=O) groups excluding carboxylic acids is 1. The van der Waals surface area contributed by atoms with Crippen LogP contribution < -0.4 is 4.74 Å². The Morgan fingerprint density at radius 1 is 1.35 bits per heavy atom. The topological polar surface area (TPSA) is 107 Å². The number of fused-ring (bicyclic) bond motifs is 1. The van der Waals surface area contributed by atoms with Gasteiger partial charge in [-0.15, -0.1) is 0 Å². The molecule has 1 aromatic rings. The molecule has 188 valence electrons. The van der Waals surface area contributed by atoms with Gasteiger partial charge in [-0.3, -0.25) is 4.79 Å². The Balaban J connectivity index is 2.05. The van der Waals surface area contributed by atoms with Crippen molar-refractivity contribution in [3.8, 4) is 17.6 Å². The molecular weight excluding hydrogens is 456 g/mol. The molecule has 0 bridgehead atoms. The first-order chi connectivity index (χ1) is 16.0. The lowest BCUT2D eigenvalue weighted by Gasteiger charge is -2.37. The number of aliphatic hydroxyl groups is 2. The van der Waals surface area contributed by atoms with Crippen LogP contribution in [0.1, 0.15) is 58.4 Å². The first kappa shape index (κ1) is 26.5. The fourth-order valence-electron chi connectivity index (χ4n) is 4.44. The van der Waals surface area contributed by atoms with Crippen LogP contribution in [0.4, 0.5) is 0 Å². The van der Waals surface area contributed by atoms with Gasteiger partial charge in [0.15, 0.2) is 0 Å². The molecule has 0 radical (unpaired) electrons. The summed E-state index contributed by atoms with van der Waals surface area (Å²) in [6.45, 7) is 5.46. The van der Waals surface area contributed by atoms with Crippen molar-refractivity contribution in [2.75, 3.05) is 26.7 Å². The van der Waals surface area contributed by atoms with E-state index in [0.717, 1.165) is 12.8 Å². The number of rotatable bonds is 5. The number of sulfonamides is 1. The van der Waals surface area contributed by atoms with Crippen molar-refractivity contribution >= 4 is 15.9 Å². The zero-order valence-electron chi connectivity index (χ0n) is 20.5. The molecule has 0 spiro atoms. The summed E-state index contributed by atoms with van der Waals surface area (Å²) in [6, 6.07) is 4.05. The predicted molar refractivity (Wildman–Crippen MR) is 129 cm³/mol. The quantitative estimate of drug-likeness (QED) is 0.609. The third-order valence-electron chi connectivity index (χ3n) is 6.72. The second kappa shape index (κ2) is 10.6. The number of benzene rings is 1. The Bertz CT molecular complexity index is 1050. The standard InChI is InChI=1S/C25H36N2O6S/c1-5-24(29)26(4)16-22-18(2)15-27(19(3)17-28)34(31,32)23-9-8-20(14-21(23)33-22)10-13-25(30)11-6-7-12-25/h8-9,14,18-19,22,28,30H,5-7,11-12,15-17H2,1-4H3/t18-,19+,22+/m1/s1. The Morgan fingerprint density at radius 2 is 2.03 bits per heavy atom. The molecule has 1 heterocycles. The molecule has 0 unspecified atom stereocenters. The van der Waals surface area contributed by atoms with Gasteiger partial charge in [-0.1, -0.05) is 25.7 Å². The van der Waals surface area contributed by atoms with Crippen LogP contribution in [0.15, 0.2) is 23.1 Å². The zero-order valence-corrected chi connectivity index (χ0v) is 21.3. The van der Waals surface area contributed by atoms with Crippen LogP contribution in [0.5, 0.6) is 5.75 Å². The van der Waals surface area contributed by atoms with Gasteiger partial charge in [0.1, 0.15) is 22.4 Å². The van der Waals surface area contributed by atoms with Gasteiger partial charge in [0, 0.05) is 37.5 Å². The van der Waals surface area contributed by atoms with E-state index in [1.54, 1.807) is 37.9 Å². The van der Waals surface area contributed by atoms with Crippen molar-refractivity contribution in [1.82, 2.24) is 9.21 Å². The molecule has 2 N–H and O–H groups in total. The molecule has 8 nitrogen and oxygen atoms in total. The minimum atomic E-state index is -3.95. The van der Waals surface area contributed by atoms with Crippen LogP contribution in [0, 0.1) is 17.8 Å². The second-order valence-electron chi connectivity index (χ2n) is 9.52. The van der Waals surface area contributed by atoms with Gasteiger partial charge in [0.25, 0.3) is 0 Å². The molecule has 1 aromatic carbocycles. The summed E-state index contributed by atoms with van der Waals surface area (Å²) in [5.74, 6) is 5.81. The average Bonchev–Trinajstić information content (AvgIpc) is 3.25. The summed E-state index contributed by atoms with van der Waals surface area (Å²) >= 11 is 0. The molecule has 1 saturated carbocycles. The van der Waals surface area contributed by atoms with E-state index in [1.165, 1.54) is 10.4 Å². The molecule has 9 heteroatoms. The molecule has 1 aliphatic carbocycles. The lowest BCUT2D eigenvalue weighted by Crippen LogP contribution is -2.50. The molecule has 34 heavy (non-hydrogen) atoms. The number of aliphatic hydroxyl groups excluding tert-OH is 1. The van der Waals surface area contributed by atoms with Crippen molar-refractivity contribution in [2.45, 2.75) is 75.5 Å². The number of likely N-dealkylation sites (N-methyl/N-ethyl adjacent to an activating group) is 1. The molecule has 3 atom stereocenters. The lowest BCUT2D eigenvalue weighted by molar-refractivity contribution is -0.131. The largest absolute Gasteiger partial charge is 0.487 e. The maximum Gasteiger partial charge on any atom is 0.247 e. The smallest absolute Gasteiger partial charge is 0.247 e. The van der Waals surface area contributed by atoms with Crippen LogP contribution in [0.3, 0.4) is 0 Å². The van der Waals surface area contributed by atoms with Crippen LogP contribution in [-0.2, 0) is 14.8 Å². The normalized spacial score (nSPS) is 24.5. The molecule has 2 aliphatic rings. The van der Waals surface area contributed by atoms with Crippen LogP contribution in [0.25, 0.3) is 0 Å². The SMILES string of the molecule is CCC(=O)N(C)C[C@@H]1Oc2cc(C#CC3(O)CCCC3)ccc2S(=O)(=O)N([C@@H](C)CO)C[C@H]1C. The number of hydrogen-bond acceptors (Lipinski definition) is 6. The maximum absolute atomic E-state index is 13.5. The third-order valence-corrected chi connectivity index (χ3v) is 8.74. The number of ether oxygens (including phenoxy) is 1. The minimum absolute atomic E-state index is 0.000649.